The third-order valence-electron chi connectivity index (χ3n) is 2.30. The maximum Gasteiger partial charge on any atom is 0.236 e. The molecule has 1 amide bonds. The maximum atomic E-state index is 12.9. The minimum atomic E-state index is -1.15. The molecule has 0 spiro atoms. The Morgan fingerprint density at radius 1 is 1.50 bits per heavy atom. The van der Waals surface area contributed by atoms with E-state index >= 15 is 0 Å². The second-order valence-corrected chi connectivity index (χ2v) is 5.50. The van der Waals surface area contributed by atoms with E-state index in [1.54, 1.807) is 0 Å². The molecule has 0 saturated heterocycles. The Hall–Kier alpha value is -1.43. The van der Waals surface area contributed by atoms with Crippen LogP contribution in [0.4, 0.5) is 15.8 Å². The lowest BCUT2D eigenvalue weighted by molar-refractivity contribution is -0.113. The van der Waals surface area contributed by atoms with E-state index in [9.17, 15) is 13.4 Å². The van der Waals surface area contributed by atoms with Crippen molar-refractivity contribution < 1.29 is 13.4 Å². The molecule has 1 atom stereocenters. The van der Waals surface area contributed by atoms with Crippen molar-refractivity contribution in [2.45, 2.75) is 19.8 Å². The second kappa shape index (κ2) is 7.10. The van der Waals surface area contributed by atoms with Crippen molar-refractivity contribution in [2.24, 2.45) is 0 Å². The average molecular weight is 272 g/mol. The van der Waals surface area contributed by atoms with Crippen LogP contribution in [0.2, 0.25) is 0 Å². The van der Waals surface area contributed by atoms with Crippen LogP contribution in [-0.4, -0.2) is 21.6 Å². The molecule has 1 rings (SSSR count). The minimum absolute atomic E-state index is 0.0279. The zero-order chi connectivity index (χ0) is 13.5. The average Bonchev–Trinajstić information content (AvgIpc) is 2.31. The molecule has 0 bridgehead atoms. The summed E-state index contributed by atoms with van der Waals surface area (Å²) < 4.78 is 24.4. The molecular formula is C12H17FN2O2S. The molecule has 3 N–H and O–H groups in total. The van der Waals surface area contributed by atoms with Gasteiger partial charge in [-0.05, 0) is 24.6 Å². The number of amides is 1. The van der Waals surface area contributed by atoms with Crippen molar-refractivity contribution in [3.8, 4) is 0 Å². The van der Waals surface area contributed by atoms with Gasteiger partial charge in [0, 0.05) is 22.2 Å². The third-order valence-corrected chi connectivity index (χ3v) is 3.63. The van der Waals surface area contributed by atoms with Gasteiger partial charge in [0.25, 0.3) is 0 Å². The second-order valence-electron chi connectivity index (χ2n) is 3.93. The van der Waals surface area contributed by atoms with Crippen LogP contribution < -0.4 is 11.1 Å². The van der Waals surface area contributed by atoms with Gasteiger partial charge >= 0.3 is 0 Å². The number of nitrogens with two attached hydrogens (primary N) is 1. The summed E-state index contributed by atoms with van der Waals surface area (Å²) in [7, 11) is -1.15. The summed E-state index contributed by atoms with van der Waals surface area (Å²) in [5.41, 5.74) is 5.76. The van der Waals surface area contributed by atoms with Crippen LogP contribution in [0.15, 0.2) is 18.2 Å². The molecule has 1 aromatic rings. The van der Waals surface area contributed by atoms with Crippen molar-refractivity contribution in [3.05, 3.63) is 24.0 Å². The van der Waals surface area contributed by atoms with Gasteiger partial charge in [-0.3, -0.25) is 9.00 Å². The van der Waals surface area contributed by atoms with Crippen molar-refractivity contribution in [2.75, 3.05) is 22.6 Å². The van der Waals surface area contributed by atoms with E-state index in [1.165, 1.54) is 18.2 Å². The number of nitrogen functional groups attached to an aromatic ring is 1. The van der Waals surface area contributed by atoms with Crippen molar-refractivity contribution in [3.63, 3.8) is 0 Å². The molecule has 6 heteroatoms. The van der Waals surface area contributed by atoms with Crippen LogP contribution in [0.25, 0.3) is 0 Å². The molecule has 0 aliphatic heterocycles. The number of carbonyl (C=O) groups is 1. The monoisotopic (exact) mass is 272 g/mol. The van der Waals surface area contributed by atoms with E-state index in [0.717, 1.165) is 12.8 Å². The smallest absolute Gasteiger partial charge is 0.236 e. The van der Waals surface area contributed by atoms with E-state index in [0.29, 0.717) is 11.4 Å². The molecule has 0 heterocycles. The SMILES string of the molecule is CCCCS(=O)CC(=O)Nc1ccc(F)c(N)c1. The quantitative estimate of drug-likeness (QED) is 0.777. The maximum absolute atomic E-state index is 12.9. The largest absolute Gasteiger partial charge is 0.396 e. The summed E-state index contributed by atoms with van der Waals surface area (Å²) in [6.07, 6.45) is 1.78. The summed E-state index contributed by atoms with van der Waals surface area (Å²) in [5.74, 6) is -0.401. The zero-order valence-electron chi connectivity index (χ0n) is 10.2. The molecule has 1 aromatic carbocycles. The van der Waals surface area contributed by atoms with Crippen molar-refractivity contribution >= 4 is 28.1 Å². The van der Waals surface area contributed by atoms with Gasteiger partial charge in [0.2, 0.25) is 5.91 Å². The predicted molar refractivity (Wildman–Crippen MR) is 72.2 cm³/mol. The Bertz CT molecular complexity index is 452. The fourth-order valence-corrected chi connectivity index (χ4v) is 2.46. The third kappa shape index (κ3) is 4.83. The topological polar surface area (TPSA) is 72.2 Å². The first kappa shape index (κ1) is 14.6. The Kier molecular flexibility index (Phi) is 5.77. The van der Waals surface area contributed by atoms with Gasteiger partial charge < -0.3 is 11.1 Å². The first-order chi connectivity index (χ1) is 8.52. The number of hydrogen-bond acceptors (Lipinski definition) is 3. The Morgan fingerprint density at radius 2 is 2.22 bits per heavy atom. The van der Waals surface area contributed by atoms with Gasteiger partial charge in [0.05, 0.1) is 5.69 Å². The number of benzene rings is 1. The van der Waals surface area contributed by atoms with Crippen LogP contribution >= 0.6 is 0 Å². The lowest BCUT2D eigenvalue weighted by atomic mass is 10.2. The Balaban J connectivity index is 2.49. The number of unbranched alkanes of at least 4 members (excludes halogenated alkanes) is 1. The molecule has 0 radical (unpaired) electrons. The highest BCUT2D eigenvalue weighted by atomic mass is 32.2. The van der Waals surface area contributed by atoms with Crippen LogP contribution in [0.5, 0.6) is 0 Å². The minimum Gasteiger partial charge on any atom is -0.396 e. The lowest BCUT2D eigenvalue weighted by Gasteiger charge is -2.06. The molecule has 0 saturated carbocycles. The lowest BCUT2D eigenvalue weighted by Crippen LogP contribution is -2.20. The fourth-order valence-electron chi connectivity index (χ4n) is 1.34. The number of hydrogen-bond donors (Lipinski definition) is 2. The molecule has 18 heavy (non-hydrogen) atoms. The van der Waals surface area contributed by atoms with Crippen molar-refractivity contribution in [1.29, 1.82) is 0 Å². The molecule has 100 valence electrons. The van der Waals surface area contributed by atoms with Gasteiger partial charge in [-0.15, -0.1) is 0 Å². The summed E-state index contributed by atoms with van der Waals surface area (Å²) >= 11 is 0. The zero-order valence-corrected chi connectivity index (χ0v) is 11.1. The molecule has 0 aliphatic carbocycles. The highest BCUT2D eigenvalue weighted by Gasteiger charge is 2.08. The number of carbonyl (C=O) groups excluding carboxylic acids is 1. The first-order valence-electron chi connectivity index (χ1n) is 5.72. The molecular weight excluding hydrogens is 255 g/mol. The summed E-state index contributed by atoms with van der Waals surface area (Å²) in [6, 6.07) is 3.93. The first-order valence-corrected chi connectivity index (χ1v) is 7.21. The normalized spacial score (nSPS) is 12.1. The highest BCUT2D eigenvalue weighted by Crippen LogP contribution is 2.16. The summed E-state index contributed by atoms with van der Waals surface area (Å²) in [5, 5.41) is 2.54. The Labute approximate surface area is 108 Å². The van der Waals surface area contributed by atoms with Gasteiger partial charge in [0.1, 0.15) is 11.6 Å². The molecule has 0 fully saturated rings. The number of anilines is 2. The van der Waals surface area contributed by atoms with Gasteiger partial charge in [-0.2, -0.15) is 0 Å². The van der Waals surface area contributed by atoms with E-state index in [4.69, 9.17) is 5.73 Å². The van der Waals surface area contributed by atoms with Crippen LogP contribution in [0, 0.1) is 5.82 Å². The van der Waals surface area contributed by atoms with Crippen LogP contribution in [-0.2, 0) is 15.6 Å². The molecule has 0 aromatic heterocycles. The number of rotatable bonds is 6. The van der Waals surface area contributed by atoms with Crippen LogP contribution in [0.3, 0.4) is 0 Å². The van der Waals surface area contributed by atoms with E-state index in [-0.39, 0.29) is 17.3 Å². The standard InChI is InChI=1S/C12H17FN2O2S/c1-2-3-6-18(17)8-12(16)15-9-4-5-10(13)11(14)7-9/h4-5,7H,2-3,6,8,14H2,1H3,(H,15,16). The van der Waals surface area contributed by atoms with E-state index < -0.39 is 16.6 Å². The molecule has 1 unspecified atom stereocenters. The highest BCUT2D eigenvalue weighted by molar-refractivity contribution is 7.85. The number of halogens is 1. The predicted octanol–water partition coefficient (Wildman–Crippen LogP) is 1.90. The summed E-state index contributed by atoms with van der Waals surface area (Å²) in [4.78, 5) is 11.5. The van der Waals surface area contributed by atoms with Gasteiger partial charge in [-0.25, -0.2) is 4.39 Å². The summed E-state index contributed by atoms with van der Waals surface area (Å²) in [6.45, 7) is 2.00. The van der Waals surface area contributed by atoms with Gasteiger partial charge in [0.15, 0.2) is 0 Å². The Morgan fingerprint density at radius 3 is 2.83 bits per heavy atom. The number of nitrogens with one attached hydrogen (secondary N) is 1. The fraction of sp³-hybridized carbons (Fsp3) is 0.417. The van der Waals surface area contributed by atoms with Crippen LogP contribution in [0.1, 0.15) is 19.8 Å². The van der Waals surface area contributed by atoms with Gasteiger partial charge in [-0.1, -0.05) is 13.3 Å². The molecule has 0 aliphatic rings. The van der Waals surface area contributed by atoms with E-state index in [2.05, 4.69) is 5.32 Å². The van der Waals surface area contributed by atoms with E-state index in [1.807, 2.05) is 6.92 Å². The van der Waals surface area contributed by atoms with Crippen molar-refractivity contribution in [1.82, 2.24) is 0 Å². The molecule has 4 nitrogen and oxygen atoms in total.